The molecule has 0 bridgehead atoms. The van der Waals surface area contributed by atoms with Gasteiger partial charge in [0.2, 0.25) is 0 Å². The van der Waals surface area contributed by atoms with E-state index in [0.29, 0.717) is 5.56 Å². The second-order valence-corrected chi connectivity index (χ2v) is 5.24. The van der Waals surface area contributed by atoms with Crippen LogP contribution in [0.5, 0.6) is 0 Å². The summed E-state index contributed by atoms with van der Waals surface area (Å²) >= 11 is 1.64. The van der Waals surface area contributed by atoms with E-state index in [-0.39, 0.29) is 11.4 Å². The van der Waals surface area contributed by atoms with Crippen LogP contribution in [0, 0.1) is 0 Å². The first kappa shape index (κ1) is 11.8. The zero-order valence-electron chi connectivity index (χ0n) is 9.81. The van der Waals surface area contributed by atoms with Crippen molar-refractivity contribution >= 4 is 17.2 Å². The van der Waals surface area contributed by atoms with Crippen molar-refractivity contribution in [3.05, 3.63) is 52.5 Å². The minimum Gasteiger partial charge on any atom is -0.342 e. The summed E-state index contributed by atoms with van der Waals surface area (Å²) in [6.07, 6.45) is 3.24. The lowest BCUT2D eigenvalue weighted by atomic mass is 10.0. The number of aromatic nitrogens is 1. The van der Waals surface area contributed by atoms with Crippen molar-refractivity contribution in [1.29, 1.82) is 0 Å². The van der Waals surface area contributed by atoms with Gasteiger partial charge >= 0.3 is 0 Å². The van der Waals surface area contributed by atoms with Gasteiger partial charge in [0.05, 0.1) is 5.54 Å². The van der Waals surface area contributed by atoms with E-state index in [4.69, 9.17) is 0 Å². The fourth-order valence-electron chi connectivity index (χ4n) is 1.56. The molecule has 0 saturated carbocycles. The maximum Gasteiger partial charge on any atom is 0.252 e. The number of hydrogen-bond donors (Lipinski definition) is 1. The van der Waals surface area contributed by atoms with Gasteiger partial charge in [-0.2, -0.15) is 0 Å². The Morgan fingerprint density at radius 1 is 1.29 bits per heavy atom. The molecule has 4 heteroatoms. The summed E-state index contributed by atoms with van der Waals surface area (Å²) in [6, 6.07) is 7.43. The molecule has 0 aliphatic carbocycles. The fourth-order valence-corrected chi connectivity index (χ4v) is 2.36. The minimum atomic E-state index is -0.353. The third kappa shape index (κ3) is 2.71. The van der Waals surface area contributed by atoms with Gasteiger partial charge in [-0.25, -0.2) is 0 Å². The van der Waals surface area contributed by atoms with E-state index in [1.54, 1.807) is 35.9 Å². The molecule has 2 heterocycles. The monoisotopic (exact) mass is 246 g/mol. The molecule has 2 aromatic rings. The zero-order valence-corrected chi connectivity index (χ0v) is 10.6. The molecular weight excluding hydrogens is 232 g/mol. The van der Waals surface area contributed by atoms with Crippen LogP contribution < -0.4 is 5.32 Å². The molecule has 0 fully saturated rings. The highest BCUT2D eigenvalue weighted by molar-refractivity contribution is 7.10. The van der Waals surface area contributed by atoms with E-state index in [9.17, 15) is 4.79 Å². The minimum absolute atomic E-state index is 0.0780. The topological polar surface area (TPSA) is 42.0 Å². The number of hydrogen-bond acceptors (Lipinski definition) is 3. The Bertz CT molecular complexity index is 491. The Balaban J connectivity index is 2.14. The lowest BCUT2D eigenvalue weighted by Gasteiger charge is -2.25. The van der Waals surface area contributed by atoms with Crippen LogP contribution in [0.1, 0.15) is 29.1 Å². The van der Waals surface area contributed by atoms with E-state index < -0.39 is 0 Å². The van der Waals surface area contributed by atoms with Crippen LogP contribution in [0.15, 0.2) is 42.0 Å². The third-order valence-electron chi connectivity index (χ3n) is 2.51. The summed E-state index contributed by atoms with van der Waals surface area (Å²) < 4.78 is 0. The smallest absolute Gasteiger partial charge is 0.252 e. The van der Waals surface area contributed by atoms with Crippen molar-refractivity contribution in [2.45, 2.75) is 19.4 Å². The van der Waals surface area contributed by atoms with Crippen LogP contribution in [0.25, 0.3) is 0 Å². The van der Waals surface area contributed by atoms with Crippen molar-refractivity contribution in [3.8, 4) is 0 Å². The SMILES string of the molecule is CC(C)(NC(=O)c1ccncc1)c1cccs1. The van der Waals surface area contributed by atoms with Crippen LogP contribution in [0.3, 0.4) is 0 Å². The van der Waals surface area contributed by atoms with E-state index in [2.05, 4.69) is 10.3 Å². The van der Waals surface area contributed by atoms with E-state index >= 15 is 0 Å². The van der Waals surface area contributed by atoms with Gasteiger partial charge in [0.1, 0.15) is 0 Å². The predicted molar refractivity (Wildman–Crippen MR) is 69.0 cm³/mol. The molecular formula is C13H14N2OS. The highest BCUT2D eigenvalue weighted by atomic mass is 32.1. The Hall–Kier alpha value is -1.68. The maximum absolute atomic E-state index is 12.0. The molecule has 0 atom stereocenters. The lowest BCUT2D eigenvalue weighted by Crippen LogP contribution is -2.40. The van der Waals surface area contributed by atoms with Crippen molar-refractivity contribution in [2.75, 3.05) is 0 Å². The number of thiophene rings is 1. The van der Waals surface area contributed by atoms with Crippen molar-refractivity contribution in [3.63, 3.8) is 0 Å². The Morgan fingerprint density at radius 2 is 2.00 bits per heavy atom. The van der Waals surface area contributed by atoms with Gasteiger partial charge in [-0.3, -0.25) is 9.78 Å². The van der Waals surface area contributed by atoms with Gasteiger partial charge < -0.3 is 5.32 Å². The van der Waals surface area contributed by atoms with Crippen molar-refractivity contribution in [2.24, 2.45) is 0 Å². The normalized spacial score (nSPS) is 11.2. The average Bonchev–Trinajstić information content (AvgIpc) is 2.84. The second-order valence-electron chi connectivity index (χ2n) is 4.29. The van der Waals surface area contributed by atoms with Crippen LogP contribution in [0.4, 0.5) is 0 Å². The Labute approximate surface area is 105 Å². The first-order valence-electron chi connectivity index (χ1n) is 5.36. The maximum atomic E-state index is 12.0. The summed E-state index contributed by atoms with van der Waals surface area (Å²) in [5, 5.41) is 5.03. The third-order valence-corrected chi connectivity index (χ3v) is 3.70. The largest absolute Gasteiger partial charge is 0.342 e. The van der Waals surface area contributed by atoms with Gasteiger partial charge in [0.15, 0.2) is 0 Å². The molecule has 1 amide bonds. The molecule has 2 aromatic heterocycles. The lowest BCUT2D eigenvalue weighted by molar-refractivity contribution is 0.0913. The molecule has 1 N–H and O–H groups in total. The Kier molecular flexibility index (Phi) is 3.24. The summed E-state index contributed by atoms with van der Waals surface area (Å²) in [5.41, 5.74) is 0.277. The zero-order chi connectivity index (χ0) is 12.3. The van der Waals surface area contributed by atoms with E-state index in [1.165, 1.54) is 0 Å². The number of rotatable bonds is 3. The average molecular weight is 246 g/mol. The number of carbonyl (C=O) groups excluding carboxylic acids is 1. The van der Waals surface area contributed by atoms with Crippen LogP contribution in [0.2, 0.25) is 0 Å². The molecule has 0 spiro atoms. The second kappa shape index (κ2) is 4.67. The summed E-state index contributed by atoms with van der Waals surface area (Å²) in [4.78, 5) is 17.1. The van der Waals surface area contributed by atoms with Gasteiger partial charge in [-0.05, 0) is 37.4 Å². The molecule has 2 rings (SSSR count). The summed E-state index contributed by atoms with van der Waals surface area (Å²) in [5.74, 6) is -0.0780. The van der Waals surface area contributed by atoms with Crippen molar-refractivity contribution < 1.29 is 4.79 Å². The molecule has 0 aliphatic heterocycles. The van der Waals surface area contributed by atoms with Gasteiger partial charge in [-0.1, -0.05) is 6.07 Å². The molecule has 0 saturated heterocycles. The molecule has 88 valence electrons. The van der Waals surface area contributed by atoms with Gasteiger partial charge in [0, 0.05) is 22.8 Å². The first-order valence-corrected chi connectivity index (χ1v) is 6.24. The number of amides is 1. The van der Waals surface area contributed by atoms with Crippen LogP contribution in [-0.4, -0.2) is 10.9 Å². The number of nitrogens with one attached hydrogen (secondary N) is 1. The highest BCUT2D eigenvalue weighted by Gasteiger charge is 2.24. The molecule has 3 nitrogen and oxygen atoms in total. The first-order chi connectivity index (χ1) is 8.09. The molecule has 17 heavy (non-hydrogen) atoms. The van der Waals surface area contributed by atoms with Crippen LogP contribution in [-0.2, 0) is 5.54 Å². The summed E-state index contributed by atoms with van der Waals surface area (Å²) in [7, 11) is 0. The highest BCUT2D eigenvalue weighted by Crippen LogP contribution is 2.24. The fraction of sp³-hybridized carbons (Fsp3) is 0.231. The quantitative estimate of drug-likeness (QED) is 0.904. The van der Waals surface area contributed by atoms with Crippen LogP contribution >= 0.6 is 11.3 Å². The number of carbonyl (C=O) groups is 1. The van der Waals surface area contributed by atoms with Gasteiger partial charge in [-0.15, -0.1) is 11.3 Å². The Morgan fingerprint density at radius 3 is 2.59 bits per heavy atom. The number of nitrogens with zero attached hydrogens (tertiary/aromatic N) is 1. The predicted octanol–water partition coefficient (Wildman–Crippen LogP) is 2.81. The van der Waals surface area contributed by atoms with Gasteiger partial charge in [0.25, 0.3) is 5.91 Å². The van der Waals surface area contributed by atoms with E-state index in [0.717, 1.165) is 4.88 Å². The van der Waals surface area contributed by atoms with Crippen molar-refractivity contribution in [1.82, 2.24) is 10.3 Å². The molecule has 0 radical (unpaired) electrons. The van der Waals surface area contributed by atoms with E-state index in [1.807, 2.05) is 31.4 Å². The summed E-state index contributed by atoms with van der Waals surface area (Å²) in [6.45, 7) is 4.00. The molecule has 0 aromatic carbocycles. The molecule has 0 aliphatic rings. The standard InChI is InChI=1S/C13H14N2OS/c1-13(2,11-4-3-9-17-11)15-12(16)10-5-7-14-8-6-10/h3-9H,1-2H3,(H,15,16). The molecule has 0 unspecified atom stereocenters. The number of pyridine rings is 1.